The smallest absolute Gasteiger partial charge is 0.278 e. The van der Waals surface area contributed by atoms with E-state index in [0.717, 1.165) is 16.5 Å². The molecule has 0 saturated carbocycles. The van der Waals surface area contributed by atoms with Gasteiger partial charge in [-0.05, 0) is 22.9 Å². The Kier molecular flexibility index (Phi) is 2.47. The van der Waals surface area contributed by atoms with Crippen molar-refractivity contribution in [2.75, 3.05) is 5.32 Å². The molecule has 3 N–H and O–H groups in total. The third kappa shape index (κ3) is 2.02. The van der Waals surface area contributed by atoms with Gasteiger partial charge in [-0.2, -0.15) is 4.98 Å². The quantitative estimate of drug-likeness (QED) is 0.525. The van der Waals surface area contributed by atoms with E-state index in [1.807, 2.05) is 36.4 Å². The number of hydrogen-bond acceptors (Lipinski definition) is 4. The van der Waals surface area contributed by atoms with E-state index >= 15 is 0 Å². The number of nitrogens with zero attached hydrogens (tertiary/aromatic N) is 2. The summed E-state index contributed by atoms with van der Waals surface area (Å²) >= 11 is 0. The van der Waals surface area contributed by atoms with E-state index < -0.39 is 0 Å². The van der Waals surface area contributed by atoms with Crippen molar-refractivity contribution in [3.05, 3.63) is 59.1 Å². The van der Waals surface area contributed by atoms with Crippen molar-refractivity contribution < 1.29 is 0 Å². The highest BCUT2D eigenvalue weighted by Crippen LogP contribution is 2.20. The number of aromatic nitrogens is 4. The lowest BCUT2D eigenvalue weighted by Gasteiger charge is -2.06. The Hall–Kier alpha value is -3.15. The van der Waals surface area contributed by atoms with E-state index in [-0.39, 0.29) is 5.56 Å². The van der Waals surface area contributed by atoms with Crippen molar-refractivity contribution in [2.45, 2.75) is 0 Å². The first-order valence-electron chi connectivity index (χ1n) is 6.49. The third-order valence-corrected chi connectivity index (χ3v) is 3.31. The normalized spacial score (nSPS) is 11.0. The van der Waals surface area contributed by atoms with Crippen LogP contribution in [-0.2, 0) is 0 Å². The van der Waals surface area contributed by atoms with E-state index in [1.165, 1.54) is 6.33 Å². The molecular weight excluding hydrogens is 266 g/mol. The van der Waals surface area contributed by atoms with E-state index in [9.17, 15) is 4.79 Å². The summed E-state index contributed by atoms with van der Waals surface area (Å²) in [5.41, 5.74) is 1.37. The molecule has 102 valence electrons. The average Bonchev–Trinajstić information content (AvgIpc) is 2.96. The summed E-state index contributed by atoms with van der Waals surface area (Å²) in [4.78, 5) is 25.6. The molecule has 0 bridgehead atoms. The van der Waals surface area contributed by atoms with Gasteiger partial charge in [0.15, 0.2) is 11.2 Å². The van der Waals surface area contributed by atoms with Gasteiger partial charge in [0.25, 0.3) is 5.56 Å². The molecule has 2 heterocycles. The minimum Gasteiger partial charge on any atom is -0.339 e. The minimum atomic E-state index is -0.249. The van der Waals surface area contributed by atoms with Crippen molar-refractivity contribution in [2.24, 2.45) is 0 Å². The Labute approximate surface area is 118 Å². The van der Waals surface area contributed by atoms with Crippen molar-refractivity contribution >= 4 is 33.6 Å². The molecule has 0 radical (unpaired) electrons. The molecule has 0 amide bonds. The van der Waals surface area contributed by atoms with Crippen LogP contribution in [0.2, 0.25) is 0 Å². The lowest BCUT2D eigenvalue weighted by Crippen LogP contribution is -2.11. The summed E-state index contributed by atoms with van der Waals surface area (Å²) in [6.07, 6.45) is 1.45. The fourth-order valence-electron chi connectivity index (χ4n) is 2.31. The molecule has 0 aliphatic rings. The van der Waals surface area contributed by atoms with E-state index in [1.54, 1.807) is 0 Å². The fourth-order valence-corrected chi connectivity index (χ4v) is 2.31. The molecule has 21 heavy (non-hydrogen) atoms. The standard InChI is InChI=1S/C15H11N5O/c21-14-12-13(17-8-16-12)19-15(20-14)18-11-6-5-9-3-1-2-4-10(9)7-11/h1-8H,(H3,16,17,18,19,20,21). The number of rotatable bonds is 2. The van der Waals surface area contributed by atoms with Crippen molar-refractivity contribution in [3.63, 3.8) is 0 Å². The van der Waals surface area contributed by atoms with E-state index in [0.29, 0.717) is 17.1 Å². The highest BCUT2D eigenvalue weighted by atomic mass is 16.1. The molecule has 0 aliphatic heterocycles. The van der Waals surface area contributed by atoms with Crippen LogP contribution in [0.3, 0.4) is 0 Å². The van der Waals surface area contributed by atoms with Crippen LogP contribution >= 0.6 is 0 Å². The minimum absolute atomic E-state index is 0.249. The Morgan fingerprint density at radius 1 is 1.05 bits per heavy atom. The molecule has 4 rings (SSSR count). The Balaban J connectivity index is 1.76. The zero-order valence-corrected chi connectivity index (χ0v) is 10.9. The van der Waals surface area contributed by atoms with Crippen LogP contribution in [0.1, 0.15) is 0 Å². The van der Waals surface area contributed by atoms with Gasteiger partial charge >= 0.3 is 0 Å². The Morgan fingerprint density at radius 2 is 1.90 bits per heavy atom. The predicted molar refractivity (Wildman–Crippen MR) is 81.7 cm³/mol. The maximum Gasteiger partial charge on any atom is 0.278 e. The second-order valence-corrected chi connectivity index (χ2v) is 4.70. The van der Waals surface area contributed by atoms with Crippen LogP contribution in [0.25, 0.3) is 21.9 Å². The lowest BCUT2D eigenvalue weighted by atomic mass is 10.1. The van der Waals surface area contributed by atoms with Crippen molar-refractivity contribution in [3.8, 4) is 0 Å². The molecule has 2 aromatic carbocycles. The largest absolute Gasteiger partial charge is 0.339 e. The third-order valence-electron chi connectivity index (χ3n) is 3.31. The monoisotopic (exact) mass is 277 g/mol. The van der Waals surface area contributed by atoms with Crippen molar-refractivity contribution in [1.29, 1.82) is 0 Å². The van der Waals surface area contributed by atoms with Gasteiger partial charge in [-0.1, -0.05) is 30.3 Å². The predicted octanol–water partition coefficient (Wildman–Crippen LogP) is 2.54. The molecule has 0 unspecified atom stereocenters. The maximum atomic E-state index is 11.9. The molecule has 6 nitrogen and oxygen atoms in total. The van der Waals surface area contributed by atoms with Gasteiger partial charge < -0.3 is 10.3 Å². The summed E-state index contributed by atoms with van der Waals surface area (Å²) in [6.45, 7) is 0. The van der Waals surface area contributed by atoms with Gasteiger partial charge in [0.1, 0.15) is 0 Å². The topological polar surface area (TPSA) is 86.5 Å². The van der Waals surface area contributed by atoms with Crippen LogP contribution in [0.5, 0.6) is 0 Å². The highest BCUT2D eigenvalue weighted by Gasteiger charge is 2.06. The van der Waals surface area contributed by atoms with Gasteiger partial charge in [0, 0.05) is 5.69 Å². The highest BCUT2D eigenvalue weighted by molar-refractivity contribution is 5.86. The number of benzene rings is 2. The summed E-state index contributed by atoms with van der Waals surface area (Å²) < 4.78 is 0. The van der Waals surface area contributed by atoms with Crippen LogP contribution in [0.15, 0.2) is 53.6 Å². The summed E-state index contributed by atoms with van der Waals surface area (Å²) in [5.74, 6) is 0.370. The van der Waals surface area contributed by atoms with E-state index in [2.05, 4.69) is 31.3 Å². The summed E-state index contributed by atoms with van der Waals surface area (Å²) in [7, 11) is 0. The molecule has 0 saturated heterocycles. The van der Waals surface area contributed by atoms with Crippen LogP contribution in [0, 0.1) is 0 Å². The summed E-state index contributed by atoms with van der Waals surface area (Å²) in [5, 5.41) is 5.37. The van der Waals surface area contributed by atoms with Gasteiger partial charge in [-0.3, -0.25) is 9.78 Å². The molecule has 4 aromatic rings. The van der Waals surface area contributed by atoms with Gasteiger partial charge in [-0.25, -0.2) is 4.98 Å². The van der Waals surface area contributed by atoms with Crippen LogP contribution in [0.4, 0.5) is 11.6 Å². The van der Waals surface area contributed by atoms with Gasteiger partial charge in [0.2, 0.25) is 5.95 Å². The van der Waals surface area contributed by atoms with Gasteiger partial charge in [0.05, 0.1) is 6.33 Å². The first-order chi connectivity index (χ1) is 10.3. The van der Waals surface area contributed by atoms with Gasteiger partial charge in [-0.15, -0.1) is 0 Å². The molecule has 2 aromatic heterocycles. The number of anilines is 2. The molecule has 0 atom stereocenters. The first kappa shape index (κ1) is 11.7. The Morgan fingerprint density at radius 3 is 2.81 bits per heavy atom. The summed E-state index contributed by atoms with van der Waals surface area (Å²) in [6, 6.07) is 14.0. The molecule has 0 aliphatic carbocycles. The second-order valence-electron chi connectivity index (χ2n) is 4.70. The van der Waals surface area contributed by atoms with E-state index in [4.69, 9.17) is 0 Å². The average molecular weight is 277 g/mol. The number of fused-ring (bicyclic) bond motifs is 2. The number of imidazole rings is 1. The SMILES string of the molecule is O=c1[nH]c(Nc2ccc3ccccc3c2)nc2nc[nH]c12. The lowest BCUT2D eigenvalue weighted by molar-refractivity contribution is 1.15. The fraction of sp³-hybridized carbons (Fsp3) is 0. The number of nitrogens with one attached hydrogen (secondary N) is 3. The molecular formula is C15H11N5O. The zero-order chi connectivity index (χ0) is 14.2. The molecule has 0 fully saturated rings. The molecule has 0 spiro atoms. The Bertz CT molecular complexity index is 1000. The van der Waals surface area contributed by atoms with Crippen molar-refractivity contribution in [1.82, 2.24) is 19.9 Å². The molecule has 6 heteroatoms. The number of aromatic amines is 2. The number of hydrogen-bond donors (Lipinski definition) is 3. The second kappa shape index (κ2) is 4.45. The number of H-pyrrole nitrogens is 2. The van der Waals surface area contributed by atoms with Crippen LogP contribution < -0.4 is 10.9 Å². The first-order valence-corrected chi connectivity index (χ1v) is 6.49. The maximum absolute atomic E-state index is 11.9. The van der Waals surface area contributed by atoms with Crippen LogP contribution in [-0.4, -0.2) is 19.9 Å². The zero-order valence-electron chi connectivity index (χ0n) is 10.9.